The Kier molecular flexibility index (Phi) is 2.50. The lowest BCUT2D eigenvalue weighted by Crippen LogP contribution is -1.81. The fraction of sp³-hybridized carbons (Fsp3) is 0.333. The highest BCUT2D eigenvalue weighted by Gasteiger charge is 1.99. The average Bonchev–Trinajstić information content (AvgIpc) is 2.37. The van der Waals surface area contributed by atoms with Crippen LogP contribution in [0.15, 0.2) is 11.1 Å². The van der Waals surface area contributed by atoms with Crippen molar-refractivity contribution in [3.05, 3.63) is 18.3 Å². The molecule has 0 aliphatic rings. The monoisotopic (exact) mass is 156 g/mol. The molecule has 0 radical (unpaired) electrons. The number of nitrogens with zero attached hydrogens (tertiary/aromatic N) is 2. The predicted molar refractivity (Wildman–Crippen MR) is 41.6 cm³/mol. The molecule has 0 aromatic carbocycles. The minimum absolute atomic E-state index is 0.490. The van der Waals surface area contributed by atoms with Crippen molar-refractivity contribution in [1.82, 2.24) is 10.1 Å². The number of thioether (sulfide) groups is 1. The van der Waals surface area contributed by atoms with E-state index in [0.717, 1.165) is 11.6 Å². The largest absolute Gasteiger partial charge is 0.335 e. The quantitative estimate of drug-likeness (QED) is 0.666. The smallest absolute Gasteiger partial charge is 0.250 e. The summed E-state index contributed by atoms with van der Waals surface area (Å²) in [7, 11) is 0. The van der Waals surface area contributed by atoms with Crippen molar-refractivity contribution in [3.8, 4) is 0 Å². The molecule has 0 aliphatic carbocycles. The first kappa shape index (κ1) is 7.34. The van der Waals surface area contributed by atoms with E-state index in [1.807, 2.05) is 6.26 Å². The van der Waals surface area contributed by atoms with E-state index in [-0.39, 0.29) is 0 Å². The molecule has 0 saturated carbocycles. The second-order valence-electron chi connectivity index (χ2n) is 1.69. The maximum atomic E-state index is 4.77. The molecule has 0 spiro atoms. The fourth-order valence-electron chi connectivity index (χ4n) is 0.538. The molecule has 0 saturated heterocycles. The van der Waals surface area contributed by atoms with Gasteiger partial charge in [-0.15, -0.1) is 0 Å². The van der Waals surface area contributed by atoms with Gasteiger partial charge in [-0.3, -0.25) is 0 Å². The van der Waals surface area contributed by atoms with Crippen LogP contribution in [0.3, 0.4) is 0 Å². The van der Waals surface area contributed by atoms with Crippen LogP contribution < -0.4 is 0 Å². The summed E-state index contributed by atoms with van der Waals surface area (Å²) in [6.45, 7) is 3.50. The van der Waals surface area contributed by atoms with E-state index in [4.69, 9.17) is 4.52 Å². The second-order valence-corrected chi connectivity index (χ2v) is 2.55. The first-order chi connectivity index (χ1) is 4.86. The Morgan fingerprint density at radius 1 is 1.80 bits per heavy atom. The zero-order valence-electron chi connectivity index (χ0n) is 5.70. The fourth-order valence-corrected chi connectivity index (χ4v) is 0.914. The van der Waals surface area contributed by atoms with Crippen LogP contribution in [0, 0.1) is 0 Å². The van der Waals surface area contributed by atoms with Gasteiger partial charge in [0.15, 0.2) is 5.82 Å². The highest BCUT2D eigenvalue weighted by molar-refractivity contribution is 7.97. The van der Waals surface area contributed by atoms with Crippen LogP contribution in [-0.4, -0.2) is 16.4 Å². The standard InChI is InChI=1S/C6H8N2OS/c1-3-6-7-5(4-10-2)8-9-6/h3H,1,4H2,2H3. The molecule has 1 aromatic heterocycles. The zero-order chi connectivity index (χ0) is 7.40. The molecule has 0 unspecified atom stereocenters. The van der Waals surface area contributed by atoms with Crippen molar-refractivity contribution in [3.63, 3.8) is 0 Å². The van der Waals surface area contributed by atoms with Crippen LogP contribution in [0.5, 0.6) is 0 Å². The molecule has 0 aliphatic heterocycles. The van der Waals surface area contributed by atoms with Gasteiger partial charge in [0.2, 0.25) is 5.89 Å². The molecular formula is C6H8N2OS. The third kappa shape index (κ3) is 1.60. The van der Waals surface area contributed by atoms with Gasteiger partial charge in [-0.25, -0.2) is 0 Å². The number of aromatic nitrogens is 2. The molecule has 0 amide bonds. The summed E-state index contributed by atoms with van der Waals surface area (Å²) in [4.78, 5) is 4.00. The predicted octanol–water partition coefficient (Wildman–Crippen LogP) is 1.58. The minimum Gasteiger partial charge on any atom is -0.335 e. The molecule has 0 bridgehead atoms. The molecule has 1 rings (SSSR count). The van der Waals surface area contributed by atoms with Crippen molar-refractivity contribution in [2.45, 2.75) is 5.75 Å². The number of hydrogen-bond donors (Lipinski definition) is 0. The topological polar surface area (TPSA) is 38.9 Å². The minimum atomic E-state index is 0.490. The number of rotatable bonds is 3. The summed E-state index contributed by atoms with van der Waals surface area (Å²) >= 11 is 1.66. The third-order valence-corrected chi connectivity index (χ3v) is 1.48. The van der Waals surface area contributed by atoms with Gasteiger partial charge < -0.3 is 4.52 Å². The van der Waals surface area contributed by atoms with Crippen molar-refractivity contribution in [2.75, 3.05) is 6.26 Å². The van der Waals surface area contributed by atoms with Gasteiger partial charge in [0.1, 0.15) is 0 Å². The first-order valence-corrected chi connectivity index (χ1v) is 4.20. The van der Waals surface area contributed by atoms with E-state index in [1.54, 1.807) is 11.8 Å². The Labute approximate surface area is 63.5 Å². The summed E-state index contributed by atoms with van der Waals surface area (Å²) in [6, 6.07) is 0. The van der Waals surface area contributed by atoms with Crippen LogP contribution >= 0.6 is 11.8 Å². The SMILES string of the molecule is C=Cc1nc(CSC)no1. The summed E-state index contributed by atoms with van der Waals surface area (Å²) in [6.07, 6.45) is 3.53. The Morgan fingerprint density at radius 2 is 2.60 bits per heavy atom. The molecular weight excluding hydrogens is 148 g/mol. The molecule has 3 nitrogen and oxygen atoms in total. The van der Waals surface area contributed by atoms with Crippen molar-refractivity contribution in [2.24, 2.45) is 0 Å². The molecule has 4 heteroatoms. The highest BCUT2D eigenvalue weighted by atomic mass is 32.2. The van der Waals surface area contributed by atoms with Gasteiger partial charge in [0, 0.05) is 0 Å². The van der Waals surface area contributed by atoms with Crippen molar-refractivity contribution in [1.29, 1.82) is 0 Å². The Balaban J connectivity index is 2.68. The zero-order valence-corrected chi connectivity index (χ0v) is 6.52. The van der Waals surface area contributed by atoms with E-state index >= 15 is 0 Å². The van der Waals surface area contributed by atoms with Gasteiger partial charge in [0.05, 0.1) is 5.75 Å². The van der Waals surface area contributed by atoms with Gasteiger partial charge in [0.25, 0.3) is 0 Å². The first-order valence-electron chi connectivity index (χ1n) is 2.80. The van der Waals surface area contributed by atoms with Gasteiger partial charge in [-0.2, -0.15) is 16.7 Å². The Bertz CT molecular complexity index is 221. The van der Waals surface area contributed by atoms with Gasteiger partial charge >= 0.3 is 0 Å². The third-order valence-electron chi connectivity index (χ3n) is 0.932. The van der Waals surface area contributed by atoms with Crippen molar-refractivity contribution >= 4 is 17.8 Å². The summed E-state index contributed by atoms with van der Waals surface area (Å²) in [5, 5.41) is 3.70. The lowest BCUT2D eigenvalue weighted by atomic mass is 10.6. The Hall–Kier alpha value is -0.770. The second kappa shape index (κ2) is 3.41. The molecule has 0 fully saturated rings. The van der Waals surface area contributed by atoms with Gasteiger partial charge in [-0.1, -0.05) is 11.7 Å². The number of hydrogen-bond acceptors (Lipinski definition) is 4. The molecule has 0 atom stereocenters. The van der Waals surface area contributed by atoms with Gasteiger partial charge in [-0.05, 0) is 12.3 Å². The lowest BCUT2D eigenvalue weighted by Gasteiger charge is -1.82. The molecule has 10 heavy (non-hydrogen) atoms. The van der Waals surface area contributed by atoms with Crippen molar-refractivity contribution < 1.29 is 4.52 Å². The lowest BCUT2D eigenvalue weighted by molar-refractivity contribution is 0.405. The highest BCUT2D eigenvalue weighted by Crippen LogP contribution is 2.05. The van der Waals surface area contributed by atoms with E-state index in [1.165, 1.54) is 6.08 Å². The van der Waals surface area contributed by atoms with Crippen LogP contribution in [0.25, 0.3) is 6.08 Å². The molecule has 1 heterocycles. The maximum absolute atomic E-state index is 4.77. The van der Waals surface area contributed by atoms with Crippen LogP contribution in [0.4, 0.5) is 0 Å². The average molecular weight is 156 g/mol. The summed E-state index contributed by atoms with van der Waals surface area (Å²) in [5.41, 5.74) is 0. The normalized spacial score (nSPS) is 9.70. The molecule has 1 aromatic rings. The van der Waals surface area contributed by atoms with Crippen LogP contribution in [0.1, 0.15) is 11.7 Å². The summed E-state index contributed by atoms with van der Waals surface area (Å²) < 4.78 is 4.77. The van der Waals surface area contributed by atoms with Crippen LogP contribution in [-0.2, 0) is 5.75 Å². The van der Waals surface area contributed by atoms with Crippen LogP contribution in [0.2, 0.25) is 0 Å². The van der Waals surface area contributed by atoms with E-state index in [9.17, 15) is 0 Å². The van der Waals surface area contributed by atoms with E-state index in [2.05, 4.69) is 16.7 Å². The summed E-state index contributed by atoms with van der Waals surface area (Å²) in [5.74, 6) is 2.00. The molecule has 54 valence electrons. The van der Waals surface area contributed by atoms with E-state index < -0.39 is 0 Å². The maximum Gasteiger partial charge on any atom is 0.250 e. The molecule has 0 N–H and O–H groups in total. The van der Waals surface area contributed by atoms with E-state index in [0.29, 0.717) is 5.89 Å². The Morgan fingerprint density at radius 3 is 3.10 bits per heavy atom.